The number of carbonyl (C=O) groups is 2. The molecule has 0 saturated carbocycles. The van der Waals surface area contributed by atoms with Crippen molar-refractivity contribution in [1.29, 1.82) is 0 Å². The Morgan fingerprint density at radius 3 is 2.32 bits per heavy atom. The van der Waals surface area contributed by atoms with Crippen molar-refractivity contribution in [3.63, 3.8) is 0 Å². The number of rotatable bonds is 8. The molecule has 0 aliphatic heterocycles. The Balaban J connectivity index is 1.28. The van der Waals surface area contributed by atoms with E-state index in [2.05, 4.69) is 17.4 Å². The summed E-state index contributed by atoms with van der Waals surface area (Å²) in [5.41, 5.74) is 4.11. The summed E-state index contributed by atoms with van der Waals surface area (Å²) in [5.74, 6) is 0.718. The van der Waals surface area contributed by atoms with E-state index in [0.717, 1.165) is 32.5 Å². The van der Waals surface area contributed by atoms with Crippen LogP contribution >= 0.6 is 11.3 Å². The van der Waals surface area contributed by atoms with Gasteiger partial charge in [-0.2, -0.15) is 0 Å². The highest BCUT2D eigenvalue weighted by Crippen LogP contribution is 2.29. The van der Waals surface area contributed by atoms with Gasteiger partial charge in [0.05, 0.1) is 14.2 Å². The Hall–Kier alpha value is -4.62. The Morgan fingerprint density at radius 1 is 0.816 bits per heavy atom. The summed E-state index contributed by atoms with van der Waals surface area (Å²) in [6.07, 6.45) is 0. The number of methoxy groups -OCH3 is 2. The lowest BCUT2D eigenvalue weighted by Crippen LogP contribution is -2.12. The summed E-state index contributed by atoms with van der Waals surface area (Å²) in [6, 6.07) is 30.6. The number of anilines is 1. The van der Waals surface area contributed by atoms with Crippen LogP contribution in [0.1, 0.15) is 25.6 Å². The third kappa shape index (κ3) is 5.53. The highest BCUT2D eigenvalue weighted by Gasteiger charge is 2.14. The molecule has 0 aliphatic carbocycles. The lowest BCUT2D eigenvalue weighted by Gasteiger charge is -2.13. The summed E-state index contributed by atoms with van der Waals surface area (Å²) < 4.78 is 17.2. The van der Waals surface area contributed by atoms with Gasteiger partial charge in [-0.15, -0.1) is 11.3 Å². The minimum atomic E-state index is -0.378. The third-order valence-electron chi connectivity index (χ3n) is 6.06. The highest BCUT2D eigenvalue weighted by atomic mass is 32.1. The van der Waals surface area contributed by atoms with Crippen molar-refractivity contribution in [3.8, 4) is 22.6 Å². The molecular formula is C31H25NO5S. The van der Waals surface area contributed by atoms with Crippen LogP contribution in [-0.2, 0) is 11.3 Å². The average molecular weight is 524 g/mol. The zero-order chi connectivity index (χ0) is 26.5. The van der Waals surface area contributed by atoms with E-state index in [1.165, 1.54) is 18.4 Å². The van der Waals surface area contributed by atoms with Gasteiger partial charge >= 0.3 is 5.97 Å². The maximum atomic E-state index is 13.0. The molecule has 7 heteroatoms. The van der Waals surface area contributed by atoms with Crippen molar-refractivity contribution in [1.82, 2.24) is 0 Å². The highest BCUT2D eigenvalue weighted by molar-refractivity contribution is 7.20. The van der Waals surface area contributed by atoms with Crippen molar-refractivity contribution in [2.24, 2.45) is 0 Å². The quantitative estimate of drug-likeness (QED) is 0.218. The van der Waals surface area contributed by atoms with Crippen LogP contribution in [0.2, 0.25) is 0 Å². The van der Waals surface area contributed by atoms with Crippen molar-refractivity contribution < 1.29 is 23.8 Å². The first kappa shape index (κ1) is 25.0. The second-order valence-corrected chi connectivity index (χ2v) is 9.60. The molecule has 38 heavy (non-hydrogen) atoms. The topological polar surface area (TPSA) is 73.9 Å². The monoisotopic (exact) mass is 523 g/mol. The van der Waals surface area contributed by atoms with Crippen molar-refractivity contribution in [3.05, 3.63) is 113 Å². The molecule has 1 amide bonds. The summed E-state index contributed by atoms with van der Waals surface area (Å²) in [6.45, 7) is 0.242. The van der Waals surface area contributed by atoms with E-state index in [-0.39, 0.29) is 18.5 Å². The van der Waals surface area contributed by atoms with Crippen molar-refractivity contribution in [2.45, 2.75) is 6.61 Å². The van der Waals surface area contributed by atoms with E-state index in [0.29, 0.717) is 21.9 Å². The molecular weight excluding hydrogens is 498 g/mol. The average Bonchev–Trinajstić information content (AvgIpc) is 3.40. The maximum absolute atomic E-state index is 13.0. The minimum Gasteiger partial charge on any atom is -0.496 e. The molecule has 5 aromatic rings. The molecule has 0 fully saturated rings. The normalized spacial score (nSPS) is 10.7. The van der Waals surface area contributed by atoms with E-state index in [1.807, 2.05) is 60.7 Å². The van der Waals surface area contributed by atoms with Crippen molar-refractivity contribution in [2.75, 3.05) is 19.5 Å². The molecule has 0 bridgehead atoms. The van der Waals surface area contributed by atoms with Crippen LogP contribution in [0, 0.1) is 0 Å². The molecule has 4 aromatic carbocycles. The number of hydrogen-bond acceptors (Lipinski definition) is 6. The summed E-state index contributed by atoms with van der Waals surface area (Å²) in [5, 5.41) is 3.79. The standard InChI is InChI=1S/C31H25NO5S/c1-35-27-14-10-22(30(33)32-25-11-15-28-23(17-25)18-29(38-28)31(34)36-2)16-24(27)19-37-26-12-8-21(9-13-26)20-6-4-3-5-7-20/h3-18H,19H2,1-2H3,(H,32,33). The van der Waals surface area contributed by atoms with Gasteiger partial charge in [-0.3, -0.25) is 4.79 Å². The number of ether oxygens (including phenoxy) is 3. The fourth-order valence-electron chi connectivity index (χ4n) is 4.09. The van der Waals surface area contributed by atoms with E-state index >= 15 is 0 Å². The fraction of sp³-hybridized carbons (Fsp3) is 0.0968. The van der Waals surface area contributed by atoms with Crippen LogP contribution in [-0.4, -0.2) is 26.1 Å². The Morgan fingerprint density at radius 2 is 1.58 bits per heavy atom. The lowest BCUT2D eigenvalue weighted by atomic mass is 10.1. The second kappa shape index (κ2) is 11.2. The van der Waals surface area contributed by atoms with Gasteiger partial charge in [0.25, 0.3) is 5.91 Å². The van der Waals surface area contributed by atoms with Gasteiger partial charge in [0.15, 0.2) is 0 Å². The van der Waals surface area contributed by atoms with Gasteiger partial charge in [-0.25, -0.2) is 4.79 Å². The first-order valence-corrected chi connectivity index (χ1v) is 12.7. The molecule has 0 atom stereocenters. The number of nitrogens with one attached hydrogen (secondary N) is 1. The molecule has 0 saturated heterocycles. The summed E-state index contributed by atoms with van der Waals surface area (Å²) in [7, 11) is 2.94. The molecule has 190 valence electrons. The number of thiophene rings is 1. The Labute approximate surface area is 224 Å². The summed E-state index contributed by atoms with van der Waals surface area (Å²) in [4.78, 5) is 25.4. The Bertz CT molecular complexity index is 1590. The molecule has 0 unspecified atom stereocenters. The number of esters is 1. The first-order chi connectivity index (χ1) is 18.5. The van der Waals surface area contributed by atoms with Crippen LogP contribution in [0.4, 0.5) is 5.69 Å². The maximum Gasteiger partial charge on any atom is 0.348 e. The zero-order valence-electron chi connectivity index (χ0n) is 20.9. The van der Waals surface area contributed by atoms with E-state index < -0.39 is 0 Å². The van der Waals surface area contributed by atoms with Gasteiger partial charge in [0.1, 0.15) is 23.0 Å². The van der Waals surface area contributed by atoms with Crippen LogP contribution < -0.4 is 14.8 Å². The molecule has 1 N–H and O–H groups in total. The predicted molar refractivity (Wildman–Crippen MR) is 150 cm³/mol. The third-order valence-corrected chi connectivity index (χ3v) is 7.16. The number of benzene rings is 4. The molecule has 0 spiro atoms. The van der Waals surface area contributed by atoms with Crippen molar-refractivity contribution >= 4 is 39.0 Å². The number of carbonyl (C=O) groups excluding carboxylic acids is 2. The van der Waals surface area contributed by atoms with Crippen LogP contribution in [0.15, 0.2) is 97.1 Å². The van der Waals surface area contributed by atoms with Crippen LogP contribution in [0.25, 0.3) is 21.2 Å². The molecule has 1 heterocycles. The zero-order valence-corrected chi connectivity index (χ0v) is 21.7. The SMILES string of the molecule is COC(=O)c1cc2cc(NC(=O)c3ccc(OC)c(COc4ccc(-c5ccccc5)cc4)c3)ccc2s1. The van der Waals surface area contributed by atoms with Crippen LogP contribution in [0.5, 0.6) is 11.5 Å². The smallest absolute Gasteiger partial charge is 0.348 e. The van der Waals surface area contributed by atoms with Crippen LogP contribution in [0.3, 0.4) is 0 Å². The number of fused-ring (bicyclic) bond motifs is 1. The van der Waals surface area contributed by atoms with Gasteiger partial charge < -0.3 is 19.5 Å². The predicted octanol–water partition coefficient (Wildman–Crippen LogP) is 7.19. The number of amides is 1. The van der Waals surface area contributed by atoms with Gasteiger partial charge in [0, 0.05) is 21.5 Å². The molecule has 5 rings (SSSR count). The second-order valence-electron chi connectivity index (χ2n) is 8.51. The van der Waals surface area contributed by atoms with E-state index in [1.54, 1.807) is 31.4 Å². The largest absolute Gasteiger partial charge is 0.496 e. The van der Waals surface area contributed by atoms with E-state index in [4.69, 9.17) is 14.2 Å². The number of hydrogen-bond donors (Lipinski definition) is 1. The van der Waals surface area contributed by atoms with Gasteiger partial charge in [0.2, 0.25) is 0 Å². The van der Waals surface area contributed by atoms with Gasteiger partial charge in [-0.05, 0) is 71.1 Å². The molecule has 6 nitrogen and oxygen atoms in total. The lowest BCUT2D eigenvalue weighted by molar-refractivity contribution is 0.0606. The summed E-state index contributed by atoms with van der Waals surface area (Å²) >= 11 is 1.35. The molecule has 0 aliphatic rings. The molecule has 1 aromatic heterocycles. The first-order valence-electron chi connectivity index (χ1n) is 11.9. The molecule has 0 radical (unpaired) electrons. The minimum absolute atomic E-state index is 0.242. The van der Waals surface area contributed by atoms with Gasteiger partial charge in [-0.1, -0.05) is 42.5 Å². The fourth-order valence-corrected chi connectivity index (χ4v) is 5.05. The Kier molecular flexibility index (Phi) is 7.38. The van der Waals surface area contributed by atoms with E-state index in [9.17, 15) is 9.59 Å².